The molecular weight excluding hydrogens is 1240 g/mol. The van der Waals surface area contributed by atoms with Gasteiger partial charge in [-0.05, 0) is 89.9 Å². The Bertz CT molecular complexity index is 2180. The summed E-state index contributed by atoms with van der Waals surface area (Å²) < 4.78 is 34.4. The third-order valence-corrected chi connectivity index (χ3v) is 18.1. The predicted molar refractivity (Wildman–Crippen MR) is 383 cm³/mol. The van der Waals surface area contributed by atoms with Crippen molar-refractivity contribution in [3.05, 3.63) is 109 Å². The number of aliphatic hydroxyl groups excluding tert-OH is 11. The minimum absolute atomic E-state index is 0.221. The van der Waals surface area contributed by atoms with Crippen LogP contribution in [0.5, 0.6) is 0 Å². The highest BCUT2D eigenvalue weighted by molar-refractivity contribution is 5.76. The van der Waals surface area contributed by atoms with Crippen LogP contribution in [0.3, 0.4) is 0 Å². The van der Waals surface area contributed by atoms with Crippen LogP contribution in [0.15, 0.2) is 109 Å². The van der Waals surface area contributed by atoms with Crippen LogP contribution in [0.2, 0.25) is 0 Å². The fraction of sp³-hybridized carbons (Fsp3) is 0.756. The summed E-state index contributed by atoms with van der Waals surface area (Å²) in [5, 5.41) is 121. The lowest BCUT2D eigenvalue weighted by molar-refractivity contribution is -0.379. The van der Waals surface area contributed by atoms with E-state index in [1.54, 1.807) is 6.08 Å². The summed E-state index contributed by atoms with van der Waals surface area (Å²) in [6, 6.07) is -1.00. The number of hydrogen-bond acceptors (Lipinski definition) is 18. The fourth-order valence-corrected chi connectivity index (χ4v) is 12.0. The van der Waals surface area contributed by atoms with Crippen molar-refractivity contribution >= 4 is 5.91 Å². The normalized spacial score (nSPS) is 27.5. The smallest absolute Gasteiger partial charge is 0.220 e. The first-order valence-electron chi connectivity index (χ1n) is 37.6. The molecule has 19 nitrogen and oxygen atoms in total. The van der Waals surface area contributed by atoms with E-state index in [4.69, 9.17) is 28.4 Å². The van der Waals surface area contributed by atoms with Gasteiger partial charge in [0.15, 0.2) is 18.9 Å². The van der Waals surface area contributed by atoms with Crippen molar-refractivity contribution in [2.45, 2.75) is 349 Å². The van der Waals surface area contributed by atoms with Gasteiger partial charge in [-0.2, -0.15) is 0 Å². The van der Waals surface area contributed by atoms with Crippen LogP contribution in [0, 0.1) is 0 Å². The molecule has 0 saturated carbocycles. The van der Waals surface area contributed by atoms with Crippen LogP contribution in [0.1, 0.15) is 245 Å². The largest absolute Gasteiger partial charge is 0.394 e. The molecule has 19 heteroatoms. The molecule has 0 aromatic carbocycles. The van der Waals surface area contributed by atoms with E-state index < -0.39 is 124 Å². The molecule has 0 bridgehead atoms. The van der Waals surface area contributed by atoms with Crippen molar-refractivity contribution in [2.75, 3.05) is 26.4 Å². The highest BCUT2D eigenvalue weighted by Gasteiger charge is 2.53. The maximum Gasteiger partial charge on any atom is 0.220 e. The molecule has 17 unspecified atom stereocenters. The third-order valence-electron chi connectivity index (χ3n) is 18.1. The highest BCUT2D eigenvalue weighted by Crippen LogP contribution is 2.33. The quantitative estimate of drug-likeness (QED) is 0.0199. The number of unbranched alkanes of at least 4 members (excludes halogenated alkanes) is 25. The minimum Gasteiger partial charge on any atom is -0.394 e. The highest BCUT2D eigenvalue weighted by atomic mass is 16.8. The van der Waals surface area contributed by atoms with Gasteiger partial charge in [0.05, 0.1) is 38.6 Å². The molecule has 0 aromatic rings. The Labute approximate surface area is 583 Å². The molecule has 3 aliphatic heterocycles. The van der Waals surface area contributed by atoms with E-state index >= 15 is 0 Å². The lowest BCUT2D eigenvalue weighted by atomic mass is 9.96. The van der Waals surface area contributed by atoms with Gasteiger partial charge < -0.3 is 89.9 Å². The van der Waals surface area contributed by atoms with E-state index in [9.17, 15) is 61.0 Å². The van der Waals surface area contributed by atoms with Crippen LogP contribution < -0.4 is 5.32 Å². The molecule has 12 N–H and O–H groups in total. The topological polar surface area (TPSA) is 307 Å². The Morgan fingerprint density at radius 1 is 0.381 bits per heavy atom. The SMILES string of the molecule is CC/C=C\C/C=C\C/C=C\C/C=C\C/C=C\C/C=C\C/C=C\CCCCCCCCCCCC(=O)NC(COC1OC(CO)C(OC2OC(CO)C(OC3OC(CO)C(O)C(O)C3O)C(O)C2O)C(O)C1O)C(O)/C=C/CC/C=C/CCCCCCCCCCCCCCCCC. The maximum absolute atomic E-state index is 13.4. The molecule has 1 amide bonds. The first-order valence-corrected chi connectivity index (χ1v) is 37.6. The first kappa shape index (κ1) is 87.7. The Morgan fingerprint density at radius 3 is 1.15 bits per heavy atom. The molecule has 97 heavy (non-hydrogen) atoms. The molecule has 3 rings (SSSR count). The minimum atomic E-state index is -1.99. The standard InChI is InChI=1S/C78H133NO18/c1-3-5-7-9-11-13-15-17-19-21-23-25-26-27-28-29-30-31-32-33-34-36-38-40-42-44-46-48-50-52-54-56-66(84)79-61(62(83)55-53-51-49-47-45-43-41-39-37-35-24-22-20-18-16-14-12-10-8-6-4-2)60-92-76-72(90)69(87)74(64(58-81)94-76)97-78-73(91)70(88)75(65(59-82)95-78)96-77-71(89)68(86)67(85)63(57-80)93-77/h5,7,11,13,17,19,23,25,27-28,30-31,33-34,45,47,53,55,61-65,67-78,80-83,85-91H,3-4,6,8-10,12,14-16,18,20-22,24,26,29,32,35-44,46,48-52,54,56-60H2,1-2H3,(H,79,84)/b7-5-,13-11-,19-17-,25-23-,28-27-,31-30-,34-33-,47-45+,55-53+. The molecule has 558 valence electrons. The van der Waals surface area contributed by atoms with Gasteiger partial charge in [-0.1, -0.05) is 258 Å². The first-order chi connectivity index (χ1) is 47.3. The van der Waals surface area contributed by atoms with Gasteiger partial charge in [-0.25, -0.2) is 0 Å². The number of rotatable bonds is 57. The van der Waals surface area contributed by atoms with Crippen LogP contribution in [-0.4, -0.2) is 193 Å². The summed E-state index contributed by atoms with van der Waals surface area (Å²) in [4.78, 5) is 13.4. The lowest BCUT2D eigenvalue weighted by Crippen LogP contribution is -2.66. The van der Waals surface area contributed by atoms with Crippen molar-refractivity contribution in [1.29, 1.82) is 0 Å². The van der Waals surface area contributed by atoms with Gasteiger partial charge in [0.25, 0.3) is 0 Å². The lowest BCUT2D eigenvalue weighted by Gasteiger charge is -2.48. The Kier molecular flexibility index (Phi) is 52.4. The van der Waals surface area contributed by atoms with Crippen LogP contribution in [0.25, 0.3) is 0 Å². The molecule has 3 heterocycles. The summed E-state index contributed by atoms with van der Waals surface area (Å²) in [7, 11) is 0. The van der Waals surface area contributed by atoms with Gasteiger partial charge in [0.2, 0.25) is 5.91 Å². The van der Waals surface area contributed by atoms with Crippen molar-refractivity contribution < 1.29 is 89.4 Å². The second-order valence-electron chi connectivity index (χ2n) is 26.4. The molecule has 0 spiro atoms. The number of aliphatic hydroxyl groups is 11. The number of carbonyl (C=O) groups is 1. The number of allylic oxidation sites excluding steroid dienone is 17. The van der Waals surface area contributed by atoms with Gasteiger partial charge >= 0.3 is 0 Å². The summed E-state index contributed by atoms with van der Waals surface area (Å²) in [5.41, 5.74) is 0. The predicted octanol–water partition coefficient (Wildman–Crippen LogP) is 11.4. The van der Waals surface area contributed by atoms with E-state index in [-0.39, 0.29) is 18.9 Å². The average molecular weight is 1370 g/mol. The second-order valence-corrected chi connectivity index (χ2v) is 26.4. The van der Waals surface area contributed by atoms with Gasteiger partial charge in [0.1, 0.15) is 73.2 Å². The summed E-state index contributed by atoms with van der Waals surface area (Å²) >= 11 is 0. The maximum atomic E-state index is 13.4. The molecule has 3 fully saturated rings. The Morgan fingerprint density at radius 2 is 0.722 bits per heavy atom. The summed E-state index contributed by atoms with van der Waals surface area (Å²) in [6.45, 7) is 1.60. The number of carbonyl (C=O) groups excluding carboxylic acids is 1. The van der Waals surface area contributed by atoms with E-state index in [0.29, 0.717) is 12.8 Å². The van der Waals surface area contributed by atoms with E-state index in [0.717, 1.165) is 96.3 Å². The number of nitrogens with one attached hydrogen (secondary N) is 1. The molecule has 3 aliphatic rings. The molecule has 0 radical (unpaired) electrons. The van der Waals surface area contributed by atoms with Crippen molar-refractivity contribution in [3.8, 4) is 0 Å². The summed E-state index contributed by atoms with van der Waals surface area (Å²) in [5.74, 6) is -0.295. The molecular formula is C78H133NO18. The van der Waals surface area contributed by atoms with E-state index in [1.165, 1.54) is 116 Å². The number of ether oxygens (including phenoxy) is 6. The Balaban J connectivity index is 1.41. The van der Waals surface area contributed by atoms with Crippen LogP contribution in [0.4, 0.5) is 0 Å². The van der Waals surface area contributed by atoms with Gasteiger partial charge in [-0.3, -0.25) is 4.79 Å². The fourth-order valence-electron chi connectivity index (χ4n) is 12.0. The zero-order valence-electron chi connectivity index (χ0n) is 59.3. The Hall–Kier alpha value is -3.55. The molecule has 0 aromatic heterocycles. The van der Waals surface area contributed by atoms with Gasteiger partial charge in [-0.15, -0.1) is 0 Å². The number of amides is 1. The molecule has 17 atom stereocenters. The number of hydrogen-bond donors (Lipinski definition) is 12. The average Bonchev–Trinajstić information content (AvgIpc) is 0.798. The van der Waals surface area contributed by atoms with Crippen molar-refractivity contribution in [2.24, 2.45) is 0 Å². The molecule has 0 aliphatic carbocycles. The summed E-state index contributed by atoms with van der Waals surface area (Å²) in [6.07, 6.45) is 52.0. The zero-order chi connectivity index (χ0) is 70.4. The van der Waals surface area contributed by atoms with Crippen LogP contribution in [-0.2, 0) is 33.2 Å². The molecule has 3 saturated heterocycles. The second kappa shape index (κ2) is 58.0. The van der Waals surface area contributed by atoms with Crippen molar-refractivity contribution in [3.63, 3.8) is 0 Å². The van der Waals surface area contributed by atoms with E-state index in [2.05, 4.69) is 116 Å². The van der Waals surface area contributed by atoms with Gasteiger partial charge in [0, 0.05) is 6.42 Å². The third kappa shape index (κ3) is 38.9. The van der Waals surface area contributed by atoms with Crippen LogP contribution >= 0.6 is 0 Å². The van der Waals surface area contributed by atoms with Crippen molar-refractivity contribution in [1.82, 2.24) is 5.32 Å². The van der Waals surface area contributed by atoms with E-state index in [1.807, 2.05) is 6.08 Å². The monoisotopic (exact) mass is 1370 g/mol. The zero-order valence-corrected chi connectivity index (χ0v) is 59.3.